The van der Waals surface area contributed by atoms with Crippen molar-refractivity contribution >= 4 is 5.97 Å². The SMILES string of the molecule is C/C=C(\C)CC(CC(=O)OCCCCCCCC)C/C(=C\C)OCCCCCCCC. The molecular formula is C28H52O3. The highest BCUT2D eigenvalue weighted by molar-refractivity contribution is 5.69. The van der Waals surface area contributed by atoms with Gasteiger partial charge in [-0.25, -0.2) is 0 Å². The summed E-state index contributed by atoms with van der Waals surface area (Å²) in [6.45, 7) is 12.1. The van der Waals surface area contributed by atoms with E-state index in [1.807, 2.05) is 6.92 Å². The lowest BCUT2D eigenvalue weighted by molar-refractivity contribution is -0.144. The minimum Gasteiger partial charge on any atom is -0.498 e. The van der Waals surface area contributed by atoms with Crippen molar-refractivity contribution in [3.8, 4) is 0 Å². The first-order valence-corrected chi connectivity index (χ1v) is 13.1. The Hall–Kier alpha value is -1.25. The molecule has 182 valence electrons. The maximum absolute atomic E-state index is 12.4. The molecule has 0 amide bonds. The number of allylic oxidation sites excluding steroid dienone is 4. The highest BCUT2D eigenvalue weighted by Gasteiger charge is 2.18. The number of carbonyl (C=O) groups is 1. The fraction of sp³-hybridized carbons (Fsp3) is 0.821. The molecular weight excluding hydrogens is 384 g/mol. The van der Waals surface area contributed by atoms with Gasteiger partial charge in [0.15, 0.2) is 0 Å². The largest absolute Gasteiger partial charge is 0.498 e. The number of unbranched alkanes of at least 4 members (excludes halogenated alkanes) is 10. The molecule has 0 saturated carbocycles. The standard InChI is InChI=1S/C28H52O3/c1-6-10-12-14-16-18-20-30-27(9-4)23-26(22-25(5)8-3)24-28(29)31-21-19-17-15-13-11-7-2/h8-9,26H,6-7,10-24H2,1-5H3/b25-8+,27-9+. The topological polar surface area (TPSA) is 35.5 Å². The molecule has 0 saturated heterocycles. The van der Waals surface area contributed by atoms with Crippen LogP contribution >= 0.6 is 0 Å². The van der Waals surface area contributed by atoms with Gasteiger partial charge in [-0.1, -0.05) is 89.7 Å². The van der Waals surface area contributed by atoms with Gasteiger partial charge in [-0.05, 0) is 52.0 Å². The summed E-state index contributed by atoms with van der Waals surface area (Å²) >= 11 is 0. The van der Waals surface area contributed by atoms with E-state index < -0.39 is 0 Å². The van der Waals surface area contributed by atoms with E-state index in [9.17, 15) is 4.79 Å². The lowest BCUT2D eigenvalue weighted by atomic mass is 9.92. The Morgan fingerprint density at radius 2 is 1.19 bits per heavy atom. The normalized spacial score (nSPS) is 13.3. The average molecular weight is 437 g/mol. The zero-order chi connectivity index (χ0) is 23.2. The Balaban J connectivity index is 4.32. The van der Waals surface area contributed by atoms with Crippen molar-refractivity contribution in [2.24, 2.45) is 5.92 Å². The second-order valence-corrected chi connectivity index (χ2v) is 8.97. The summed E-state index contributed by atoms with van der Waals surface area (Å²) in [4.78, 5) is 12.4. The van der Waals surface area contributed by atoms with Crippen LogP contribution in [0.4, 0.5) is 0 Å². The second kappa shape index (κ2) is 22.0. The van der Waals surface area contributed by atoms with E-state index in [2.05, 4.69) is 39.8 Å². The highest BCUT2D eigenvalue weighted by Crippen LogP contribution is 2.25. The fourth-order valence-corrected chi connectivity index (χ4v) is 3.78. The molecule has 0 aromatic carbocycles. The molecule has 0 aliphatic rings. The van der Waals surface area contributed by atoms with Gasteiger partial charge in [-0.3, -0.25) is 4.79 Å². The lowest BCUT2D eigenvalue weighted by Crippen LogP contribution is -2.14. The zero-order valence-electron chi connectivity index (χ0n) is 21.5. The number of esters is 1. The Morgan fingerprint density at radius 3 is 1.71 bits per heavy atom. The maximum Gasteiger partial charge on any atom is 0.306 e. The third-order valence-corrected chi connectivity index (χ3v) is 5.92. The van der Waals surface area contributed by atoms with Crippen LogP contribution in [-0.4, -0.2) is 19.2 Å². The van der Waals surface area contributed by atoms with E-state index >= 15 is 0 Å². The van der Waals surface area contributed by atoms with Gasteiger partial charge in [0.05, 0.1) is 19.0 Å². The molecule has 0 aliphatic heterocycles. The van der Waals surface area contributed by atoms with Crippen LogP contribution in [0.15, 0.2) is 23.5 Å². The van der Waals surface area contributed by atoms with Crippen molar-refractivity contribution in [1.82, 2.24) is 0 Å². The van der Waals surface area contributed by atoms with Crippen LogP contribution in [0, 0.1) is 5.92 Å². The van der Waals surface area contributed by atoms with E-state index in [4.69, 9.17) is 9.47 Å². The molecule has 0 aromatic heterocycles. The number of ether oxygens (including phenoxy) is 2. The molecule has 1 unspecified atom stereocenters. The third kappa shape index (κ3) is 19.2. The van der Waals surface area contributed by atoms with Crippen LogP contribution in [0.5, 0.6) is 0 Å². The number of carbonyl (C=O) groups excluding carboxylic acids is 1. The average Bonchev–Trinajstić information content (AvgIpc) is 2.76. The highest BCUT2D eigenvalue weighted by atomic mass is 16.5. The summed E-state index contributed by atoms with van der Waals surface area (Å²) in [5.41, 5.74) is 1.32. The van der Waals surface area contributed by atoms with Gasteiger partial charge in [0.2, 0.25) is 0 Å². The maximum atomic E-state index is 12.4. The molecule has 0 rings (SSSR count). The molecule has 0 heterocycles. The van der Waals surface area contributed by atoms with Gasteiger partial charge < -0.3 is 9.47 Å². The summed E-state index contributed by atoms with van der Waals surface area (Å²) in [7, 11) is 0. The monoisotopic (exact) mass is 436 g/mol. The number of hydrogen-bond donors (Lipinski definition) is 0. The molecule has 1 atom stereocenters. The first kappa shape index (κ1) is 29.8. The predicted molar refractivity (Wildman–Crippen MR) is 134 cm³/mol. The quantitative estimate of drug-likeness (QED) is 0.0779. The van der Waals surface area contributed by atoms with E-state index in [-0.39, 0.29) is 11.9 Å². The Morgan fingerprint density at radius 1 is 0.677 bits per heavy atom. The van der Waals surface area contributed by atoms with E-state index in [0.717, 1.165) is 44.5 Å². The molecule has 0 aromatic rings. The minimum atomic E-state index is -0.0613. The molecule has 0 N–H and O–H groups in total. The van der Waals surface area contributed by atoms with Gasteiger partial charge in [0, 0.05) is 12.8 Å². The van der Waals surface area contributed by atoms with E-state index in [1.165, 1.54) is 63.4 Å². The third-order valence-electron chi connectivity index (χ3n) is 5.92. The first-order valence-electron chi connectivity index (χ1n) is 13.1. The van der Waals surface area contributed by atoms with Gasteiger partial charge >= 0.3 is 5.97 Å². The smallest absolute Gasteiger partial charge is 0.306 e. The summed E-state index contributed by atoms with van der Waals surface area (Å²) in [6.07, 6.45) is 21.3. The Labute approximate surface area is 194 Å². The summed E-state index contributed by atoms with van der Waals surface area (Å²) in [5, 5.41) is 0. The second-order valence-electron chi connectivity index (χ2n) is 8.97. The van der Waals surface area contributed by atoms with E-state index in [1.54, 1.807) is 0 Å². The molecule has 0 bridgehead atoms. The van der Waals surface area contributed by atoms with Crippen molar-refractivity contribution in [2.45, 2.75) is 131 Å². The van der Waals surface area contributed by atoms with Gasteiger partial charge in [0.25, 0.3) is 0 Å². The van der Waals surface area contributed by atoms with Crippen LogP contribution in [-0.2, 0) is 14.3 Å². The number of hydrogen-bond acceptors (Lipinski definition) is 3. The van der Waals surface area contributed by atoms with E-state index in [0.29, 0.717) is 13.0 Å². The van der Waals surface area contributed by atoms with Gasteiger partial charge in [0.1, 0.15) is 0 Å². The molecule has 3 nitrogen and oxygen atoms in total. The van der Waals surface area contributed by atoms with Crippen LogP contribution in [0.3, 0.4) is 0 Å². The predicted octanol–water partition coefficient (Wildman–Crippen LogP) is 8.92. The molecule has 0 aliphatic carbocycles. The van der Waals surface area contributed by atoms with Crippen molar-refractivity contribution < 1.29 is 14.3 Å². The van der Waals surface area contributed by atoms with Crippen molar-refractivity contribution in [3.05, 3.63) is 23.5 Å². The summed E-state index contributed by atoms with van der Waals surface area (Å²) < 4.78 is 11.6. The molecule has 3 heteroatoms. The Kier molecular flexibility index (Phi) is 21.1. The molecule has 0 spiro atoms. The van der Waals surface area contributed by atoms with Crippen molar-refractivity contribution in [2.75, 3.05) is 13.2 Å². The molecule has 0 radical (unpaired) electrons. The van der Waals surface area contributed by atoms with Gasteiger partial charge in [-0.2, -0.15) is 0 Å². The first-order chi connectivity index (χ1) is 15.1. The minimum absolute atomic E-state index is 0.0613. The van der Waals surface area contributed by atoms with Crippen LogP contribution in [0.25, 0.3) is 0 Å². The fourth-order valence-electron chi connectivity index (χ4n) is 3.78. The number of rotatable bonds is 21. The van der Waals surface area contributed by atoms with Crippen molar-refractivity contribution in [3.63, 3.8) is 0 Å². The van der Waals surface area contributed by atoms with Crippen LogP contribution in [0.1, 0.15) is 131 Å². The summed E-state index contributed by atoms with van der Waals surface area (Å²) in [6, 6.07) is 0. The molecule has 0 fully saturated rings. The van der Waals surface area contributed by atoms with Gasteiger partial charge in [-0.15, -0.1) is 0 Å². The van der Waals surface area contributed by atoms with Crippen LogP contribution in [0.2, 0.25) is 0 Å². The zero-order valence-corrected chi connectivity index (χ0v) is 21.5. The molecule has 31 heavy (non-hydrogen) atoms. The lowest BCUT2D eigenvalue weighted by Gasteiger charge is -2.19. The van der Waals surface area contributed by atoms with Crippen molar-refractivity contribution in [1.29, 1.82) is 0 Å². The Bertz CT molecular complexity index is 479. The summed E-state index contributed by atoms with van der Waals surface area (Å²) in [5.74, 6) is 1.20. The van der Waals surface area contributed by atoms with Crippen LogP contribution < -0.4 is 0 Å².